The number of anilines is 2. The van der Waals surface area contributed by atoms with Gasteiger partial charge in [-0.1, -0.05) is 40.2 Å². The van der Waals surface area contributed by atoms with Gasteiger partial charge in [-0.3, -0.25) is 0 Å². The van der Waals surface area contributed by atoms with Crippen LogP contribution in [0.25, 0.3) is 11.1 Å². The van der Waals surface area contributed by atoms with Crippen LogP contribution in [0.1, 0.15) is 5.56 Å². The first-order valence-corrected chi connectivity index (χ1v) is 8.54. The first-order valence-electron chi connectivity index (χ1n) is 7.75. The van der Waals surface area contributed by atoms with Gasteiger partial charge in [-0.05, 0) is 53.6 Å². The van der Waals surface area contributed by atoms with Gasteiger partial charge in [-0.15, -0.1) is 0 Å². The summed E-state index contributed by atoms with van der Waals surface area (Å²) >= 11 is 3.33. The molecule has 3 aromatic rings. The molecular formula is C20H15BrF3NO. The molecule has 0 aromatic heterocycles. The zero-order chi connectivity index (χ0) is 18.7. The Morgan fingerprint density at radius 2 is 1.58 bits per heavy atom. The Balaban J connectivity index is 2.07. The Bertz CT molecular complexity index is 908. The summed E-state index contributed by atoms with van der Waals surface area (Å²) in [4.78, 5) is 0. The monoisotopic (exact) mass is 421 g/mol. The Hall–Kier alpha value is -2.47. The molecule has 0 saturated heterocycles. The van der Waals surface area contributed by atoms with Gasteiger partial charge < -0.3 is 10.1 Å². The van der Waals surface area contributed by atoms with Crippen molar-refractivity contribution >= 4 is 27.3 Å². The third-order valence-electron chi connectivity index (χ3n) is 3.82. The molecule has 1 N–H and O–H groups in total. The van der Waals surface area contributed by atoms with E-state index in [1.807, 2.05) is 0 Å². The van der Waals surface area contributed by atoms with Crippen molar-refractivity contribution in [3.05, 3.63) is 76.8 Å². The summed E-state index contributed by atoms with van der Waals surface area (Å²) in [6.45, 7) is 0. The number of rotatable bonds is 4. The molecular weight excluding hydrogens is 407 g/mol. The van der Waals surface area contributed by atoms with Crippen LogP contribution in [0.15, 0.2) is 71.2 Å². The second-order valence-corrected chi connectivity index (χ2v) is 6.54. The average Bonchev–Trinajstić information content (AvgIpc) is 2.62. The molecule has 0 aliphatic heterocycles. The van der Waals surface area contributed by atoms with E-state index in [1.165, 1.54) is 7.11 Å². The van der Waals surface area contributed by atoms with Crippen LogP contribution in [-0.2, 0) is 6.18 Å². The molecule has 134 valence electrons. The van der Waals surface area contributed by atoms with E-state index in [2.05, 4.69) is 21.2 Å². The van der Waals surface area contributed by atoms with Gasteiger partial charge in [0.25, 0.3) is 0 Å². The minimum Gasteiger partial charge on any atom is -0.495 e. The standard InChI is InChI=1S/C20H15BrF3NO/c1-26-19-5-3-2-4-18(19)25-17-11-14(10-15(12-17)20(22,23)24)13-6-8-16(21)9-7-13/h2-12,25H,1H3. The second kappa shape index (κ2) is 7.41. The second-order valence-electron chi connectivity index (χ2n) is 5.63. The molecule has 0 spiro atoms. The Morgan fingerprint density at radius 1 is 0.885 bits per heavy atom. The molecule has 0 unspecified atom stereocenters. The maximum Gasteiger partial charge on any atom is 0.416 e. The number of ether oxygens (including phenoxy) is 1. The van der Waals surface area contributed by atoms with Gasteiger partial charge in [0.05, 0.1) is 18.4 Å². The highest BCUT2D eigenvalue weighted by Crippen LogP contribution is 2.37. The van der Waals surface area contributed by atoms with Crippen LogP contribution in [0.2, 0.25) is 0 Å². The number of nitrogens with one attached hydrogen (secondary N) is 1. The Morgan fingerprint density at radius 3 is 2.23 bits per heavy atom. The molecule has 0 saturated carbocycles. The average molecular weight is 422 g/mol. The minimum atomic E-state index is -4.44. The summed E-state index contributed by atoms with van der Waals surface area (Å²) in [7, 11) is 1.51. The third-order valence-corrected chi connectivity index (χ3v) is 4.35. The third kappa shape index (κ3) is 4.19. The first-order chi connectivity index (χ1) is 12.4. The molecule has 0 amide bonds. The van der Waals surface area contributed by atoms with Crippen LogP contribution in [0.4, 0.5) is 24.5 Å². The predicted molar refractivity (Wildman–Crippen MR) is 101 cm³/mol. The summed E-state index contributed by atoms with van der Waals surface area (Å²) in [6.07, 6.45) is -4.44. The highest BCUT2D eigenvalue weighted by Gasteiger charge is 2.31. The molecule has 3 aromatic carbocycles. The summed E-state index contributed by atoms with van der Waals surface area (Å²) in [6, 6.07) is 18.1. The highest BCUT2D eigenvalue weighted by atomic mass is 79.9. The van der Waals surface area contributed by atoms with Gasteiger partial charge >= 0.3 is 6.18 Å². The van der Waals surface area contributed by atoms with Crippen molar-refractivity contribution in [3.8, 4) is 16.9 Å². The van der Waals surface area contributed by atoms with Crippen molar-refractivity contribution in [1.29, 1.82) is 0 Å². The lowest BCUT2D eigenvalue weighted by Gasteiger charge is -2.15. The van der Waals surface area contributed by atoms with Crippen molar-refractivity contribution in [2.45, 2.75) is 6.18 Å². The molecule has 0 aliphatic rings. The number of methoxy groups -OCH3 is 1. The molecule has 2 nitrogen and oxygen atoms in total. The lowest BCUT2D eigenvalue weighted by atomic mass is 10.0. The summed E-state index contributed by atoms with van der Waals surface area (Å²) in [5.41, 5.74) is 1.39. The van der Waals surface area contributed by atoms with E-state index < -0.39 is 11.7 Å². The molecule has 0 heterocycles. The Kier molecular flexibility index (Phi) is 5.23. The number of hydrogen-bond acceptors (Lipinski definition) is 2. The topological polar surface area (TPSA) is 21.3 Å². The largest absolute Gasteiger partial charge is 0.495 e. The van der Waals surface area contributed by atoms with E-state index in [0.29, 0.717) is 28.3 Å². The number of hydrogen-bond donors (Lipinski definition) is 1. The van der Waals surface area contributed by atoms with Crippen LogP contribution >= 0.6 is 15.9 Å². The zero-order valence-electron chi connectivity index (χ0n) is 13.8. The SMILES string of the molecule is COc1ccccc1Nc1cc(-c2ccc(Br)cc2)cc(C(F)(F)F)c1. The molecule has 6 heteroatoms. The lowest BCUT2D eigenvalue weighted by Crippen LogP contribution is -2.06. The molecule has 0 radical (unpaired) electrons. The molecule has 3 rings (SSSR count). The van der Waals surface area contributed by atoms with Gasteiger partial charge in [0.2, 0.25) is 0 Å². The van der Waals surface area contributed by atoms with Crippen LogP contribution in [0.3, 0.4) is 0 Å². The first kappa shape index (κ1) is 18.3. The van der Waals surface area contributed by atoms with Crippen LogP contribution in [0, 0.1) is 0 Å². The molecule has 26 heavy (non-hydrogen) atoms. The van der Waals surface area contributed by atoms with Crippen molar-refractivity contribution in [2.75, 3.05) is 12.4 Å². The fourth-order valence-corrected chi connectivity index (χ4v) is 2.84. The van der Waals surface area contributed by atoms with Crippen LogP contribution < -0.4 is 10.1 Å². The normalized spacial score (nSPS) is 11.3. The van der Waals surface area contributed by atoms with Crippen molar-refractivity contribution in [2.24, 2.45) is 0 Å². The number of halogens is 4. The number of benzene rings is 3. The van der Waals surface area contributed by atoms with Crippen molar-refractivity contribution < 1.29 is 17.9 Å². The number of para-hydroxylation sites is 2. The van der Waals surface area contributed by atoms with Crippen molar-refractivity contribution in [3.63, 3.8) is 0 Å². The molecule has 0 atom stereocenters. The maximum absolute atomic E-state index is 13.4. The van der Waals surface area contributed by atoms with Crippen LogP contribution in [-0.4, -0.2) is 7.11 Å². The maximum atomic E-state index is 13.4. The fourth-order valence-electron chi connectivity index (χ4n) is 2.58. The van der Waals surface area contributed by atoms with E-state index in [1.54, 1.807) is 54.6 Å². The van der Waals surface area contributed by atoms with E-state index in [4.69, 9.17) is 4.74 Å². The predicted octanol–water partition coefficient (Wildman–Crippen LogP) is 6.89. The quantitative estimate of drug-likeness (QED) is 0.495. The van der Waals surface area contributed by atoms with E-state index in [0.717, 1.165) is 16.6 Å². The van der Waals surface area contributed by atoms with Gasteiger partial charge in [0.1, 0.15) is 5.75 Å². The van der Waals surface area contributed by atoms with Gasteiger partial charge in [-0.25, -0.2) is 0 Å². The fraction of sp³-hybridized carbons (Fsp3) is 0.100. The summed E-state index contributed by atoms with van der Waals surface area (Å²) in [5.74, 6) is 0.551. The highest BCUT2D eigenvalue weighted by molar-refractivity contribution is 9.10. The molecule has 0 bridgehead atoms. The lowest BCUT2D eigenvalue weighted by molar-refractivity contribution is -0.137. The minimum absolute atomic E-state index is 0.335. The zero-order valence-corrected chi connectivity index (χ0v) is 15.4. The van der Waals surface area contributed by atoms with Gasteiger partial charge in [0, 0.05) is 10.2 Å². The molecule has 0 aliphatic carbocycles. The van der Waals surface area contributed by atoms with E-state index >= 15 is 0 Å². The van der Waals surface area contributed by atoms with Crippen molar-refractivity contribution in [1.82, 2.24) is 0 Å². The van der Waals surface area contributed by atoms with Crippen LogP contribution in [0.5, 0.6) is 5.75 Å². The summed E-state index contributed by atoms with van der Waals surface area (Å²) < 4.78 is 46.2. The van der Waals surface area contributed by atoms with Gasteiger partial charge in [0.15, 0.2) is 0 Å². The summed E-state index contributed by atoms with van der Waals surface area (Å²) in [5, 5.41) is 3.02. The van der Waals surface area contributed by atoms with Gasteiger partial charge in [-0.2, -0.15) is 13.2 Å². The Labute approximate surface area is 157 Å². The molecule has 0 fully saturated rings. The number of alkyl halides is 3. The van der Waals surface area contributed by atoms with E-state index in [9.17, 15) is 13.2 Å². The smallest absolute Gasteiger partial charge is 0.416 e. The van der Waals surface area contributed by atoms with E-state index in [-0.39, 0.29) is 0 Å².